The standard InChI is InChI=1S/C19H21ClN6O.C2H6O.C2H6/c20-14-3-1-13(2-4-14)11-23-18(27)19(21)6-9-26(10-7-19)17-15-5-8-22-16(15)24-12-25-17;1-2-3;1-2/h1-5,8,12H,6-7,9-11,21H2,(H,23,27)(H,22,24,25);3H,2H2,1H3;1-2H3. The summed E-state index contributed by atoms with van der Waals surface area (Å²) >= 11 is 5.89. The van der Waals surface area contributed by atoms with E-state index < -0.39 is 5.54 Å². The quantitative estimate of drug-likeness (QED) is 0.474. The molecule has 0 saturated carbocycles. The maximum Gasteiger partial charge on any atom is 0.240 e. The summed E-state index contributed by atoms with van der Waals surface area (Å²) in [5.41, 5.74) is 7.36. The van der Waals surface area contributed by atoms with Crippen LogP contribution in [0, 0.1) is 0 Å². The summed E-state index contributed by atoms with van der Waals surface area (Å²) in [6.45, 7) is 7.71. The molecule has 9 heteroatoms. The number of H-pyrrole nitrogens is 1. The maximum absolute atomic E-state index is 12.7. The SMILES string of the molecule is CC.CCO.NC1(C(=O)NCc2ccc(Cl)cc2)CCN(c2ncnc3[nH]ccc23)CC1. The minimum absolute atomic E-state index is 0.119. The Hall–Kier alpha value is -2.68. The van der Waals surface area contributed by atoms with Crippen molar-refractivity contribution in [3.63, 3.8) is 0 Å². The monoisotopic (exact) mass is 460 g/mol. The smallest absolute Gasteiger partial charge is 0.240 e. The number of hydrogen-bond acceptors (Lipinski definition) is 6. The van der Waals surface area contributed by atoms with E-state index in [0.29, 0.717) is 37.5 Å². The molecule has 1 saturated heterocycles. The zero-order valence-electron chi connectivity index (χ0n) is 18.9. The lowest BCUT2D eigenvalue weighted by Gasteiger charge is -2.38. The van der Waals surface area contributed by atoms with Crippen LogP contribution in [-0.4, -0.2) is 51.2 Å². The summed E-state index contributed by atoms with van der Waals surface area (Å²) in [4.78, 5) is 26.6. The van der Waals surface area contributed by atoms with Crippen LogP contribution in [0.15, 0.2) is 42.9 Å². The van der Waals surface area contributed by atoms with Gasteiger partial charge in [0.1, 0.15) is 17.8 Å². The summed E-state index contributed by atoms with van der Waals surface area (Å²) < 4.78 is 0. The molecule has 2 aromatic heterocycles. The second kappa shape index (κ2) is 12.4. The van der Waals surface area contributed by atoms with Crippen molar-refractivity contribution in [1.29, 1.82) is 0 Å². The van der Waals surface area contributed by atoms with Crippen LogP contribution in [0.1, 0.15) is 39.2 Å². The summed E-state index contributed by atoms with van der Waals surface area (Å²) in [6.07, 6.45) is 4.53. The molecule has 1 aliphatic heterocycles. The van der Waals surface area contributed by atoms with E-state index in [1.54, 1.807) is 13.3 Å². The van der Waals surface area contributed by atoms with E-state index in [1.165, 1.54) is 0 Å². The number of nitrogens with one attached hydrogen (secondary N) is 2. The molecule has 1 aliphatic rings. The first kappa shape index (κ1) is 25.6. The lowest BCUT2D eigenvalue weighted by Crippen LogP contribution is -2.59. The van der Waals surface area contributed by atoms with Gasteiger partial charge in [-0.05, 0) is 43.5 Å². The normalized spacial score (nSPS) is 14.6. The highest BCUT2D eigenvalue weighted by atomic mass is 35.5. The molecular weight excluding hydrogens is 428 g/mol. The van der Waals surface area contributed by atoms with Gasteiger partial charge in [0.05, 0.1) is 10.9 Å². The van der Waals surface area contributed by atoms with Crippen LogP contribution in [0.4, 0.5) is 5.82 Å². The molecule has 174 valence electrons. The molecule has 0 bridgehead atoms. The predicted molar refractivity (Wildman–Crippen MR) is 130 cm³/mol. The molecule has 5 N–H and O–H groups in total. The highest BCUT2D eigenvalue weighted by molar-refractivity contribution is 6.30. The number of aliphatic hydroxyl groups is 1. The molecule has 0 aliphatic carbocycles. The second-order valence-corrected chi connectivity index (χ2v) is 7.64. The fraction of sp³-hybridized carbons (Fsp3) is 0.435. The van der Waals surface area contributed by atoms with Gasteiger partial charge in [0.15, 0.2) is 0 Å². The van der Waals surface area contributed by atoms with Crippen molar-refractivity contribution in [3.05, 3.63) is 53.4 Å². The van der Waals surface area contributed by atoms with Crippen molar-refractivity contribution < 1.29 is 9.90 Å². The number of rotatable bonds is 4. The molecule has 32 heavy (non-hydrogen) atoms. The van der Waals surface area contributed by atoms with Gasteiger partial charge in [-0.15, -0.1) is 0 Å². The fourth-order valence-corrected chi connectivity index (χ4v) is 3.54. The fourth-order valence-electron chi connectivity index (χ4n) is 3.42. The zero-order valence-corrected chi connectivity index (χ0v) is 19.7. The van der Waals surface area contributed by atoms with Gasteiger partial charge in [-0.3, -0.25) is 4.79 Å². The van der Waals surface area contributed by atoms with E-state index >= 15 is 0 Å². The number of carbonyl (C=O) groups excluding carboxylic acids is 1. The average Bonchev–Trinajstić information content (AvgIpc) is 3.30. The summed E-state index contributed by atoms with van der Waals surface area (Å²) in [5, 5.41) is 12.2. The van der Waals surface area contributed by atoms with E-state index in [4.69, 9.17) is 22.4 Å². The highest BCUT2D eigenvalue weighted by Gasteiger charge is 2.38. The van der Waals surface area contributed by atoms with E-state index in [9.17, 15) is 4.79 Å². The first-order valence-corrected chi connectivity index (χ1v) is 11.3. The van der Waals surface area contributed by atoms with Crippen LogP contribution in [0.3, 0.4) is 0 Å². The molecule has 0 atom stereocenters. The lowest BCUT2D eigenvalue weighted by molar-refractivity contribution is -0.127. The number of halogens is 1. The molecule has 1 aromatic carbocycles. The van der Waals surface area contributed by atoms with Gasteiger partial charge in [-0.25, -0.2) is 9.97 Å². The summed E-state index contributed by atoms with van der Waals surface area (Å²) in [5.74, 6) is 0.761. The number of nitrogens with two attached hydrogens (primary N) is 1. The Kier molecular flexibility index (Phi) is 9.90. The number of carbonyl (C=O) groups is 1. The largest absolute Gasteiger partial charge is 0.397 e. The Morgan fingerprint density at radius 2 is 1.84 bits per heavy atom. The van der Waals surface area contributed by atoms with Crippen molar-refractivity contribution in [2.75, 3.05) is 24.6 Å². The molecule has 1 fully saturated rings. The van der Waals surface area contributed by atoms with Crippen LogP contribution in [0.25, 0.3) is 11.0 Å². The molecule has 3 heterocycles. The van der Waals surface area contributed by atoms with E-state index in [0.717, 1.165) is 22.4 Å². The number of amides is 1. The summed E-state index contributed by atoms with van der Waals surface area (Å²) in [7, 11) is 0. The minimum atomic E-state index is -0.868. The van der Waals surface area contributed by atoms with Crippen molar-refractivity contribution in [2.24, 2.45) is 5.73 Å². The number of aromatic nitrogens is 3. The number of aromatic amines is 1. The lowest BCUT2D eigenvalue weighted by atomic mass is 9.87. The Bertz CT molecular complexity index is 968. The van der Waals surface area contributed by atoms with Crippen LogP contribution in [0.5, 0.6) is 0 Å². The number of nitrogens with zero attached hydrogens (tertiary/aromatic N) is 3. The van der Waals surface area contributed by atoms with Crippen molar-refractivity contribution in [1.82, 2.24) is 20.3 Å². The maximum atomic E-state index is 12.7. The van der Waals surface area contributed by atoms with Gasteiger partial charge in [0.2, 0.25) is 5.91 Å². The number of benzene rings is 1. The Labute approximate surface area is 194 Å². The van der Waals surface area contributed by atoms with Crippen LogP contribution in [-0.2, 0) is 11.3 Å². The van der Waals surface area contributed by atoms with Crippen LogP contribution >= 0.6 is 11.6 Å². The second-order valence-electron chi connectivity index (χ2n) is 7.21. The molecule has 4 rings (SSSR count). The van der Waals surface area contributed by atoms with E-state index in [2.05, 4.69) is 25.2 Å². The molecule has 1 amide bonds. The van der Waals surface area contributed by atoms with Gasteiger partial charge in [-0.1, -0.05) is 37.6 Å². The summed E-state index contributed by atoms with van der Waals surface area (Å²) in [6, 6.07) is 9.37. The first-order valence-electron chi connectivity index (χ1n) is 10.9. The molecule has 3 aromatic rings. The van der Waals surface area contributed by atoms with Crippen LogP contribution < -0.4 is 16.0 Å². The van der Waals surface area contributed by atoms with Gasteiger partial charge in [0, 0.05) is 37.5 Å². The third-order valence-corrected chi connectivity index (χ3v) is 5.36. The third kappa shape index (κ3) is 6.41. The minimum Gasteiger partial charge on any atom is -0.397 e. The Morgan fingerprint density at radius 3 is 2.47 bits per heavy atom. The Morgan fingerprint density at radius 1 is 1.22 bits per heavy atom. The van der Waals surface area contributed by atoms with Gasteiger partial charge in [-0.2, -0.15) is 0 Å². The van der Waals surface area contributed by atoms with Crippen molar-refractivity contribution in [3.8, 4) is 0 Å². The third-order valence-electron chi connectivity index (χ3n) is 5.11. The molecule has 0 spiro atoms. The number of anilines is 1. The molecule has 8 nitrogen and oxygen atoms in total. The number of fused-ring (bicyclic) bond motifs is 1. The first-order chi connectivity index (χ1) is 15.5. The number of piperidine rings is 1. The Balaban J connectivity index is 0.000000671. The van der Waals surface area contributed by atoms with Crippen molar-refractivity contribution >= 4 is 34.4 Å². The van der Waals surface area contributed by atoms with Gasteiger partial charge >= 0.3 is 0 Å². The predicted octanol–water partition coefficient (Wildman–Crippen LogP) is 3.25. The van der Waals surface area contributed by atoms with E-state index in [1.807, 2.05) is 50.4 Å². The zero-order chi connectivity index (χ0) is 23.6. The average molecular weight is 461 g/mol. The van der Waals surface area contributed by atoms with Crippen LogP contribution in [0.2, 0.25) is 5.02 Å². The van der Waals surface area contributed by atoms with Crippen molar-refractivity contribution in [2.45, 2.75) is 45.7 Å². The molecular formula is C23H33ClN6O2. The number of hydrogen-bond donors (Lipinski definition) is 4. The van der Waals surface area contributed by atoms with Gasteiger partial charge in [0.25, 0.3) is 0 Å². The highest BCUT2D eigenvalue weighted by Crippen LogP contribution is 2.28. The number of aliphatic hydroxyl groups excluding tert-OH is 1. The molecule has 0 unspecified atom stereocenters. The van der Waals surface area contributed by atoms with E-state index in [-0.39, 0.29) is 12.5 Å². The molecule has 0 radical (unpaired) electrons. The topological polar surface area (TPSA) is 120 Å². The van der Waals surface area contributed by atoms with Gasteiger partial charge < -0.3 is 26.0 Å².